The molecular formula is C13H18ClNO. The van der Waals surface area contributed by atoms with Crippen LogP contribution in [0.5, 0.6) is 0 Å². The number of rotatable bonds is 4. The van der Waals surface area contributed by atoms with Crippen molar-refractivity contribution in [3.8, 4) is 0 Å². The van der Waals surface area contributed by atoms with E-state index in [1.807, 2.05) is 12.1 Å². The van der Waals surface area contributed by atoms with Crippen LogP contribution in [0.25, 0.3) is 0 Å². The maximum Gasteiger partial charge on any atom is 0.0637 e. The fourth-order valence-electron chi connectivity index (χ4n) is 2.01. The number of aryl methyl sites for hydroxylation is 1. The van der Waals surface area contributed by atoms with Crippen molar-refractivity contribution >= 4 is 17.3 Å². The molecular weight excluding hydrogens is 222 g/mol. The topological polar surface area (TPSA) is 21.3 Å². The van der Waals surface area contributed by atoms with Gasteiger partial charge in [0.25, 0.3) is 0 Å². The zero-order chi connectivity index (χ0) is 11.4. The summed E-state index contributed by atoms with van der Waals surface area (Å²) in [6.07, 6.45) is 3.90. The van der Waals surface area contributed by atoms with Crippen LogP contribution in [0.3, 0.4) is 0 Å². The van der Waals surface area contributed by atoms with Gasteiger partial charge in [-0.3, -0.25) is 0 Å². The minimum Gasteiger partial charge on any atom is -0.384 e. The van der Waals surface area contributed by atoms with Gasteiger partial charge in [0.1, 0.15) is 0 Å². The van der Waals surface area contributed by atoms with Gasteiger partial charge in [0.2, 0.25) is 0 Å². The van der Waals surface area contributed by atoms with Crippen LogP contribution in [0, 0.1) is 6.92 Å². The van der Waals surface area contributed by atoms with Gasteiger partial charge in [0.05, 0.1) is 16.8 Å². The van der Waals surface area contributed by atoms with E-state index in [0.29, 0.717) is 6.10 Å². The number of hydrogen-bond donors (Lipinski definition) is 1. The van der Waals surface area contributed by atoms with Crippen molar-refractivity contribution in [1.29, 1.82) is 0 Å². The van der Waals surface area contributed by atoms with Crippen LogP contribution in [0.15, 0.2) is 18.2 Å². The fourth-order valence-corrected chi connectivity index (χ4v) is 2.20. The minimum absolute atomic E-state index is 0.441. The summed E-state index contributed by atoms with van der Waals surface area (Å²) in [5.74, 6) is 0. The summed E-state index contributed by atoms with van der Waals surface area (Å²) in [5.41, 5.74) is 2.25. The van der Waals surface area contributed by atoms with Crippen molar-refractivity contribution < 1.29 is 4.74 Å². The summed E-state index contributed by atoms with van der Waals surface area (Å²) < 4.78 is 5.57. The second kappa shape index (κ2) is 5.55. The number of nitrogens with one attached hydrogen (secondary N) is 1. The van der Waals surface area contributed by atoms with Crippen LogP contribution in [0.1, 0.15) is 24.8 Å². The van der Waals surface area contributed by atoms with Crippen LogP contribution in [-0.4, -0.2) is 19.3 Å². The van der Waals surface area contributed by atoms with Crippen molar-refractivity contribution in [2.24, 2.45) is 0 Å². The summed E-state index contributed by atoms with van der Waals surface area (Å²) in [7, 11) is 0. The van der Waals surface area contributed by atoms with E-state index >= 15 is 0 Å². The Morgan fingerprint density at radius 1 is 1.50 bits per heavy atom. The molecule has 1 aliphatic rings. The van der Waals surface area contributed by atoms with E-state index in [4.69, 9.17) is 16.3 Å². The highest BCUT2D eigenvalue weighted by molar-refractivity contribution is 6.33. The first kappa shape index (κ1) is 11.7. The molecule has 1 fully saturated rings. The summed E-state index contributed by atoms with van der Waals surface area (Å²) in [4.78, 5) is 0. The molecule has 1 atom stereocenters. The van der Waals surface area contributed by atoms with Crippen LogP contribution < -0.4 is 5.32 Å². The molecule has 0 spiro atoms. The van der Waals surface area contributed by atoms with E-state index in [1.54, 1.807) is 0 Å². The summed E-state index contributed by atoms with van der Waals surface area (Å²) in [5, 5.41) is 4.16. The van der Waals surface area contributed by atoms with Crippen LogP contribution in [0.4, 0.5) is 5.69 Å². The Hall–Kier alpha value is -0.730. The first-order valence-corrected chi connectivity index (χ1v) is 6.25. The van der Waals surface area contributed by atoms with Gasteiger partial charge in [-0.05, 0) is 43.9 Å². The monoisotopic (exact) mass is 239 g/mol. The SMILES string of the molecule is Cc1ccc(Cl)c(NCCC2CCCO2)c1. The number of hydrogen-bond acceptors (Lipinski definition) is 2. The Balaban J connectivity index is 1.82. The third-order valence-electron chi connectivity index (χ3n) is 2.93. The molecule has 0 aromatic heterocycles. The summed E-state index contributed by atoms with van der Waals surface area (Å²) in [6, 6.07) is 6.04. The highest BCUT2D eigenvalue weighted by Crippen LogP contribution is 2.23. The van der Waals surface area contributed by atoms with Gasteiger partial charge in [-0.2, -0.15) is 0 Å². The molecule has 0 radical (unpaired) electrons. The number of halogens is 1. The van der Waals surface area contributed by atoms with Gasteiger partial charge in [-0.25, -0.2) is 0 Å². The molecule has 0 aliphatic carbocycles. The van der Waals surface area contributed by atoms with Crippen molar-refractivity contribution in [3.05, 3.63) is 28.8 Å². The van der Waals surface area contributed by atoms with Gasteiger partial charge in [-0.1, -0.05) is 17.7 Å². The van der Waals surface area contributed by atoms with Crippen molar-refractivity contribution in [2.75, 3.05) is 18.5 Å². The Morgan fingerprint density at radius 3 is 3.12 bits per heavy atom. The lowest BCUT2D eigenvalue weighted by atomic mass is 10.2. The van der Waals surface area contributed by atoms with E-state index in [1.165, 1.54) is 18.4 Å². The predicted molar refractivity (Wildman–Crippen MR) is 68.3 cm³/mol. The molecule has 1 heterocycles. The second-order valence-corrected chi connectivity index (χ2v) is 4.74. The molecule has 1 saturated heterocycles. The molecule has 1 aromatic rings. The normalized spacial score (nSPS) is 20.0. The second-order valence-electron chi connectivity index (χ2n) is 4.33. The molecule has 1 N–H and O–H groups in total. The molecule has 3 heteroatoms. The lowest BCUT2D eigenvalue weighted by molar-refractivity contribution is 0.107. The van der Waals surface area contributed by atoms with Gasteiger partial charge in [0.15, 0.2) is 0 Å². The van der Waals surface area contributed by atoms with Crippen LogP contribution in [-0.2, 0) is 4.74 Å². The summed E-state index contributed by atoms with van der Waals surface area (Å²) in [6.45, 7) is 3.92. The minimum atomic E-state index is 0.441. The number of benzene rings is 1. The zero-order valence-corrected chi connectivity index (χ0v) is 10.4. The molecule has 0 bridgehead atoms. The molecule has 0 saturated carbocycles. The average Bonchev–Trinajstić information content (AvgIpc) is 2.76. The van der Waals surface area contributed by atoms with Crippen molar-refractivity contribution in [3.63, 3.8) is 0 Å². The van der Waals surface area contributed by atoms with Crippen molar-refractivity contribution in [2.45, 2.75) is 32.3 Å². The van der Waals surface area contributed by atoms with Crippen molar-refractivity contribution in [1.82, 2.24) is 0 Å². The Labute approximate surface area is 102 Å². The largest absolute Gasteiger partial charge is 0.384 e. The highest BCUT2D eigenvalue weighted by atomic mass is 35.5. The third kappa shape index (κ3) is 3.13. The zero-order valence-electron chi connectivity index (χ0n) is 9.63. The molecule has 88 valence electrons. The lowest BCUT2D eigenvalue weighted by Gasteiger charge is -2.12. The lowest BCUT2D eigenvalue weighted by Crippen LogP contribution is -2.12. The average molecular weight is 240 g/mol. The molecule has 2 nitrogen and oxygen atoms in total. The van der Waals surface area contributed by atoms with Gasteiger partial charge < -0.3 is 10.1 Å². The maximum absolute atomic E-state index is 6.10. The van der Waals surface area contributed by atoms with E-state index in [0.717, 1.165) is 30.3 Å². The smallest absolute Gasteiger partial charge is 0.0637 e. The first-order chi connectivity index (χ1) is 7.75. The third-order valence-corrected chi connectivity index (χ3v) is 3.26. The van der Waals surface area contributed by atoms with Gasteiger partial charge >= 0.3 is 0 Å². The van der Waals surface area contributed by atoms with Gasteiger partial charge in [0, 0.05) is 13.2 Å². The molecule has 0 amide bonds. The standard InChI is InChI=1S/C13H18ClNO/c1-10-4-5-12(14)13(9-10)15-7-6-11-3-2-8-16-11/h4-5,9,11,15H,2-3,6-8H2,1H3. The highest BCUT2D eigenvalue weighted by Gasteiger charge is 2.14. The van der Waals surface area contributed by atoms with Crippen LogP contribution in [0.2, 0.25) is 5.02 Å². The predicted octanol–water partition coefficient (Wildman–Crippen LogP) is 3.63. The molecule has 16 heavy (non-hydrogen) atoms. The molecule has 1 unspecified atom stereocenters. The van der Waals surface area contributed by atoms with E-state index < -0.39 is 0 Å². The summed E-state index contributed by atoms with van der Waals surface area (Å²) >= 11 is 6.10. The molecule has 2 rings (SSSR count). The van der Waals surface area contributed by atoms with E-state index in [-0.39, 0.29) is 0 Å². The van der Waals surface area contributed by atoms with Crippen LogP contribution >= 0.6 is 11.6 Å². The first-order valence-electron chi connectivity index (χ1n) is 5.87. The molecule has 1 aromatic carbocycles. The van der Waals surface area contributed by atoms with Gasteiger partial charge in [-0.15, -0.1) is 0 Å². The fraction of sp³-hybridized carbons (Fsp3) is 0.538. The Kier molecular flexibility index (Phi) is 4.08. The molecule has 1 aliphatic heterocycles. The van der Waals surface area contributed by atoms with E-state index in [9.17, 15) is 0 Å². The Morgan fingerprint density at radius 2 is 2.38 bits per heavy atom. The quantitative estimate of drug-likeness (QED) is 0.867. The Bertz CT molecular complexity index is 348. The number of anilines is 1. The number of ether oxygens (including phenoxy) is 1. The maximum atomic E-state index is 6.10. The van der Waals surface area contributed by atoms with E-state index in [2.05, 4.69) is 18.3 Å².